The second-order valence-electron chi connectivity index (χ2n) is 5.61. The first-order chi connectivity index (χ1) is 7.83. The van der Waals surface area contributed by atoms with Crippen LogP contribution in [0.2, 0.25) is 0 Å². The van der Waals surface area contributed by atoms with Gasteiger partial charge in [-0.1, -0.05) is 0 Å². The molecule has 1 amide bonds. The summed E-state index contributed by atoms with van der Waals surface area (Å²) >= 11 is 0. The number of aliphatic hydroxyl groups is 1. The van der Waals surface area contributed by atoms with Crippen molar-refractivity contribution in [2.45, 2.75) is 45.3 Å². The van der Waals surface area contributed by atoms with Gasteiger partial charge in [-0.25, -0.2) is 4.79 Å². The van der Waals surface area contributed by atoms with E-state index in [1.807, 2.05) is 20.8 Å². The molecule has 1 heterocycles. The maximum Gasteiger partial charge on any atom is 0.410 e. The molecule has 1 unspecified atom stereocenters. The SMILES string of the molecule is CC(C)(C)OC(=O)N1CCC(C(O)CN)CC1.Cl. The fourth-order valence-corrected chi connectivity index (χ4v) is 1.99. The smallest absolute Gasteiger partial charge is 0.410 e. The Morgan fingerprint density at radius 3 is 2.33 bits per heavy atom. The number of amides is 1. The van der Waals surface area contributed by atoms with Crippen molar-refractivity contribution in [2.24, 2.45) is 11.7 Å². The summed E-state index contributed by atoms with van der Waals surface area (Å²) < 4.78 is 5.30. The number of hydrogen-bond acceptors (Lipinski definition) is 4. The highest BCUT2D eigenvalue weighted by atomic mass is 35.5. The summed E-state index contributed by atoms with van der Waals surface area (Å²) in [7, 11) is 0. The molecule has 108 valence electrons. The average molecular weight is 281 g/mol. The number of nitrogens with two attached hydrogens (primary N) is 1. The Morgan fingerprint density at radius 1 is 1.44 bits per heavy atom. The number of halogens is 1. The molecule has 0 aliphatic carbocycles. The van der Waals surface area contributed by atoms with E-state index in [1.165, 1.54) is 0 Å². The van der Waals surface area contributed by atoms with Gasteiger partial charge in [-0.05, 0) is 39.5 Å². The number of carbonyl (C=O) groups excluding carboxylic acids is 1. The molecule has 1 aliphatic heterocycles. The number of piperidine rings is 1. The van der Waals surface area contributed by atoms with Gasteiger partial charge >= 0.3 is 6.09 Å². The maximum absolute atomic E-state index is 11.8. The number of rotatable bonds is 2. The third kappa shape index (κ3) is 5.42. The van der Waals surface area contributed by atoms with Crippen molar-refractivity contribution < 1.29 is 14.6 Å². The van der Waals surface area contributed by atoms with E-state index < -0.39 is 11.7 Å². The number of ether oxygens (including phenoxy) is 1. The molecule has 0 radical (unpaired) electrons. The van der Waals surface area contributed by atoms with Crippen molar-refractivity contribution in [1.82, 2.24) is 4.90 Å². The van der Waals surface area contributed by atoms with Crippen molar-refractivity contribution in [1.29, 1.82) is 0 Å². The van der Waals surface area contributed by atoms with Crippen molar-refractivity contribution >= 4 is 18.5 Å². The quantitative estimate of drug-likeness (QED) is 0.801. The summed E-state index contributed by atoms with van der Waals surface area (Å²) in [5.41, 5.74) is 4.97. The summed E-state index contributed by atoms with van der Waals surface area (Å²) in [4.78, 5) is 13.5. The number of likely N-dealkylation sites (tertiary alicyclic amines) is 1. The van der Waals surface area contributed by atoms with Gasteiger partial charge in [0.2, 0.25) is 0 Å². The van der Waals surface area contributed by atoms with Crippen molar-refractivity contribution in [3.8, 4) is 0 Å². The molecule has 0 saturated carbocycles. The number of nitrogens with zero attached hydrogens (tertiary/aromatic N) is 1. The van der Waals surface area contributed by atoms with Gasteiger partial charge in [0.05, 0.1) is 6.10 Å². The van der Waals surface area contributed by atoms with Gasteiger partial charge in [0.25, 0.3) is 0 Å². The van der Waals surface area contributed by atoms with Crippen molar-refractivity contribution in [3.05, 3.63) is 0 Å². The molecule has 1 rings (SSSR count). The first-order valence-electron chi connectivity index (χ1n) is 6.19. The van der Waals surface area contributed by atoms with Gasteiger partial charge in [0, 0.05) is 19.6 Å². The first kappa shape index (κ1) is 17.5. The zero-order chi connectivity index (χ0) is 13.1. The Morgan fingerprint density at radius 2 is 1.94 bits per heavy atom. The molecule has 3 N–H and O–H groups in total. The van der Waals surface area contributed by atoms with E-state index in [2.05, 4.69) is 0 Å². The van der Waals surface area contributed by atoms with Crippen LogP contribution in [-0.4, -0.2) is 47.4 Å². The van der Waals surface area contributed by atoms with E-state index in [1.54, 1.807) is 4.90 Å². The van der Waals surface area contributed by atoms with E-state index >= 15 is 0 Å². The highest BCUT2D eigenvalue weighted by Gasteiger charge is 2.29. The first-order valence-corrected chi connectivity index (χ1v) is 6.19. The Bertz CT molecular complexity index is 261. The van der Waals surface area contributed by atoms with Gasteiger partial charge < -0.3 is 20.5 Å². The molecule has 1 aliphatic rings. The van der Waals surface area contributed by atoms with Crippen LogP contribution in [-0.2, 0) is 4.74 Å². The fraction of sp³-hybridized carbons (Fsp3) is 0.917. The highest BCUT2D eigenvalue weighted by Crippen LogP contribution is 2.21. The third-order valence-electron chi connectivity index (χ3n) is 2.98. The summed E-state index contributed by atoms with van der Waals surface area (Å²) in [5.74, 6) is 0.207. The third-order valence-corrected chi connectivity index (χ3v) is 2.98. The molecular weight excluding hydrogens is 256 g/mol. The number of aliphatic hydroxyl groups excluding tert-OH is 1. The molecular formula is C12H25ClN2O3. The molecule has 0 aromatic heterocycles. The van der Waals surface area contributed by atoms with Crippen LogP contribution in [0.4, 0.5) is 4.79 Å². The maximum atomic E-state index is 11.8. The fourth-order valence-electron chi connectivity index (χ4n) is 1.99. The standard InChI is InChI=1S/C12H24N2O3.ClH/c1-12(2,3)17-11(16)14-6-4-9(5-7-14)10(15)8-13;/h9-10,15H,4-8,13H2,1-3H3;1H. The zero-order valence-corrected chi connectivity index (χ0v) is 12.2. The van der Waals surface area contributed by atoms with Crippen molar-refractivity contribution in [2.75, 3.05) is 19.6 Å². The van der Waals surface area contributed by atoms with Gasteiger partial charge in [0.15, 0.2) is 0 Å². The summed E-state index contributed by atoms with van der Waals surface area (Å²) in [6, 6.07) is 0. The van der Waals surface area contributed by atoms with E-state index in [0.717, 1.165) is 12.8 Å². The molecule has 0 aromatic rings. The molecule has 18 heavy (non-hydrogen) atoms. The number of carbonyl (C=O) groups is 1. The minimum Gasteiger partial charge on any atom is -0.444 e. The second-order valence-corrected chi connectivity index (χ2v) is 5.61. The molecule has 5 nitrogen and oxygen atoms in total. The molecule has 0 aromatic carbocycles. The second kappa shape index (κ2) is 7.16. The van der Waals surface area contributed by atoms with Gasteiger partial charge in [-0.15, -0.1) is 12.4 Å². The lowest BCUT2D eigenvalue weighted by molar-refractivity contribution is 0.00903. The van der Waals surface area contributed by atoms with Crippen LogP contribution >= 0.6 is 12.4 Å². The van der Waals surface area contributed by atoms with Gasteiger partial charge in [-0.2, -0.15) is 0 Å². The molecule has 1 fully saturated rings. The van der Waals surface area contributed by atoms with E-state index in [-0.39, 0.29) is 31.0 Å². The molecule has 1 atom stereocenters. The lowest BCUT2D eigenvalue weighted by Gasteiger charge is -2.34. The van der Waals surface area contributed by atoms with Crippen LogP contribution in [0.15, 0.2) is 0 Å². The number of hydrogen-bond donors (Lipinski definition) is 2. The average Bonchev–Trinajstić information content (AvgIpc) is 2.26. The van der Waals surface area contributed by atoms with Crippen LogP contribution in [0.1, 0.15) is 33.6 Å². The van der Waals surface area contributed by atoms with E-state index in [0.29, 0.717) is 13.1 Å². The van der Waals surface area contributed by atoms with Crippen LogP contribution in [0.3, 0.4) is 0 Å². The molecule has 6 heteroatoms. The van der Waals surface area contributed by atoms with E-state index in [9.17, 15) is 9.90 Å². The van der Waals surface area contributed by atoms with Gasteiger partial charge in [-0.3, -0.25) is 0 Å². The van der Waals surface area contributed by atoms with Crippen LogP contribution in [0.25, 0.3) is 0 Å². The molecule has 0 bridgehead atoms. The van der Waals surface area contributed by atoms with E-state index in [4.69, 9.17) is 10.5 Å². The lowest BCUT2D eigenvalue weighted by atomic mass is 9.91. The molecule has 0 spiro atoms. The lowest BCUT2D eigenvalue weighted by Crippen LogP contribution is -2.44. The predicted molar refractivity (Wildman–Crippen MR) is 72.8 cm³/mol. The summed E-state index contributed by atoms with van der Waals surface area (Å²) in [5, 5.41) is 9.63. The zero-order valence-electron chi connectivity index (χ0n) is 11.4. The largest absolute Gasteiger partial charge is 0.444 e. The molecule has 1 saturated heterocycles. The minimum absolute atomic E-state index is 0. The van der Waals surface area contributed by atoms with Gasteiger partial charge in [0.1, 0.15) is 5.60 Å². The predicted octanol–water partition coefficient (Wildman–Crippen LogP) is 1.37. The topological polar surface area (TPSA) is 75.8 Å². The van der Waals surface area contributed by atoms with Crippen LogP contribution in [0, 0.1) is 5.92 Å². The van der Waals surface area contributed by atoms with Crippen LogP contribution < -0.4 is 5.73 Å². The Hall–Kier alpha value is -0.520. The monoisotopic (exact) mass is 280 g/mol. The van der Waals surface area contributed by atoms with Crippen molar-refractivity contribution in [3.63, 3.8) is 0 Å². The van der Waals surface area contributed by atoms with Crippen LogP contribution in [0.5, 0.6) is 0 Å². The minimum atomic E-state index is -0.454. The Balaban J connectivity index is 0.00000289. The highest BCUT2D eigenvalue weighted by molar-refractivity contribution is 5.85. The summed E-state index contributed by atoms with van der Waals surface area (Å²) in [6.45, 7) is 7.13. The normalized spacial score (nSPS) is 19.1. The Labute approximate surface area is 115 Å². The Kier molecular flexibility index (Phi) is 6.96. The summed E-state index contributed by atoms with van der Waals surface area (Å²) in [6.07, 6.45) is 0.865.